The zero-order valence-corrected chi connectivity index (χ0v) is 11.1. The summed E-state index contributed by atoms with van der Waals surface area (Å²) in [5.74, 6) is 0. The first-order chi connectivity index (χ1) is 8.97. The summed E-state index contributed by atoms with van der Waals surface area (Å²) >= 11 is 1.15. The highest BCUT2D eigenvalue weighted by atomic mass is 32.2. The van der Waals surface area contributed by atoms with Gasteiger partial charge in [-0.15, -0.1) is 0 Å². The molecule has 0 aliphatic rings. The normalized spacial score (nSPS) is 12.4. The Morgan fingerprint density at radius 1 is 1.42 bits per heavy atom. The van der Waals surface area contributed by atoms with Crippen molar-refractivity contribution in [2.75, 3.05) is 0 Å². The maximum Gasteiger partial charge on any atom is 0.339 e. The van der Waals surface area contributed by atoms with Crippen LogP contribution >= 0.6 is 11.8 Å². The van der Waals surface area contributed by atoms with Crippen molar-refractivity contribution in [1.82, 2.24) is 19.7 Å². The van der Waals surface area contributed by atoms with Crippen LogP contribution in [0, 0.1) is 0 Å². The largest absolute Gasteiger partial charge is 0.389 e. The molecule has 2 rings (SSSR count). The second kappa shape index (κ2) is 5.37. The Balaban J connectivity index is 2.29. The van der Waals surface area contributed by atoms with E-state index in [2.05, 4.69) is 15.1 Å². The van der Waals surface area contributed by atoms with Crippen LogP contribution in [-0.2, 0) is 7.05 Å². The standard InChI is InChI=1S/C11H12N4O3S/c1-6(16)7-3-4-8(12-5-7)19-11-13-9(17)10(18)14-15(11)2/h3-6,16H,1-2H3,(H,14,18)/t6-/m0/s1. The number of H-pyrrole nitrogens is 1. The van der Waals surface area contributed by atoms with Gasteiger partial charge >= 0.3 is 11.1 Å². The first-order valence-corrected chi connectivity index (χ1v) is 6.28. The molecule has 1 atom stereocenters. The van der Waals surface area contributed by atoms with Gasteiger partial charge < -0.3 is 5.11 Å². The minimum absolute atomic E-state index is 0.335. The summed E-state index contributed by atoms with van der Waals surface area (Å²) < 4.78 is 1.36. The van der Waals surface area contributed by atoms with Crippen molar-refractivity contribution < 1.29 is 5.11 Å². The monoisotopic (exact) mass is 280 g/mol. The van der Waals surface area contributed by atoms with Gasteiger partial charge in [0.25, 0.3) is 0 Å². The number of rotatable bonds is 3. The fourth-order valence-corrected chi connectivity index (χ4v) is 2.08. The summed E-state index contributed by atoms with van der Waals surface area (Å²) in [5, 5.41) is 12.7. The Bertz CT molecular complexity index is 690. The number of aliphatic hydroxyl groups is 1. The van der Waals surface area contributed by atoms with Crippen molar-refractivity contribution in [3.63, 3.8) is 0 Å². The molecule has 2 N–H and O–H groups in total. The Kier molecular flexibility index (Phi) is 3.82. The van der Waals surface area contributed by atoms with Crippen LogP contribution in [-0.4, -0.2) is 24.9 Å². The summed E-state index contributed by atoms with van der Waals surface area (Å²) in [7, 11) is 1.58. The first kappa shape index (κ1) is 13.5. The van der Waals surface area contributed by atoms with E-state index >= 15 is 0 Å². The number of aliphatic hydroxyl groups excluding tert-OH is 1. The lowest BCUT2D eigenvalue weighted by Gasteiger charge is -2.07. The number of aromatic nitrogens is 4. The van der Waals surface area contributed by atoms with E-state index in [1.807, 2.05) is 0 Å². The van der Waals surface area contributed by atoms with Crippen LogP contribution in [0.1, 0.15) is 18.6 Å². The molecule has 0 radical (unpaired) electrons. The number of pyridine rings is 1. The smallest absolute Gasteiger partial charge is 0.339 e. The van der Waals surface area contributed by atoms with E-state index in [9.17, 15) is 14.7 Å². The Morgan fingerprint density at radius 3 is 2.74 bits per heavy atom. The number of hydrogen-bond acceptors (Lipinski definition) is 6. The molecule has 0 unspecified atom stereocenters. The molecule has 0 amide bonds. The van der Waals surface area contributed by atoms with Gasteiger partial charge in [-0.1, -0.05) is 6.07 Å². The van der Waals surface area contributed by atoms with Crippen LogP contribution in [0.5, 0.6) is 0 Å². The Hall–Kier alpha value is -1.93. The van der Waals surface area contributed by atoms with Crippen LogP contribution in [0.15, 0.2) is 38.1 Å². The first-order valence-electron chi connectivity index (χ1n) is 5.46. The van der Waals surface area contributed by atoms with Crippen LogP contribution in [0.3, 0.4) is 0 Å². The third kappa shape index (κ3) is 3.09. The van der Waals surface area contributed by atoms with Gasteiger partial charge in [0.05, 0.1) is 6.10 Å². The molecule has 2 heterocycles. The number of nitrogens with zero attached hydrogens (tertiary/aromatic N) is 3. The van der Waals surface area contributed by atoms with Crippen LogP contribution in [0.25, 0.3) is 0 Å². The molecule has 0 saturated carbocycles. The zero-order chi connectivity index (χ0) is 14.0. The molecular formula is C11H12N4O3S. The molecule has 0 fully saturated rings. The van der Waals surface area contributed by atoms with Gasteiger partial charge in [-0.25, -0.2) is 4.98 Å². The minimum atomic E-state index is -0.832. The van der Waals surface area contributed by atoms with E-state index in [0.717, 1.165) is 11.8 Å². The predicted octanol–water partition coefficient (Wildman–Crippen LogP) is 0.0681. The van der Waals surface area contributed by atoms with E-state index in [0.29, 0.717) is 15.7 Å². The SMILES string of the molecule is C[C@H](O)c1ccc(Sc2nc(=O)c(=O)[nH]n2C)nc1. The van der Waals surface area contributed by atoms with E-state index in [4.69, 9.17) is 0 Å². The van der Waals surface area contributed by atoms with Gasteiger partial charge in [-0.2, -0.15) is 4.98 Å². The van der Waals surface area contributed by atoms with E-state index < -0.39 is 17.2 Å². The molecule has 0 aliphatic carbocycles. The molecule has 19 heavy (non-hydrogen) atoms. The predicted molar refractivity (Wildman–Crippen MR) is 69.1 cm³/mol. The van der Waals surface area contributed by atoms with Gasteiger partial charge in [-0.05, 0) is 30.3 Å². The molecule has 2 aromatic heterocycles. The molecule has 2 aromatic rings. The van der Waals surface area contributed by atoms with Crippen LogP contribution in [0.2, 0.25) is 0 Å². The van der Waals surface area contributed by atoms with Gasteiger partial charge in [0.2, 0.25) is 0 Å². The molecular weight excluding hydrogens is 268 g/mol. The van der Waals surface area contributed by atoms with E-state index in [-0.39, 0.29) is 0 Å². The van der Waals surface area contributed by atoms with Gasteiger partial charge in [0.15, 0.2) is 5.16 Å². The highest BCUT2D eigenvalue weighted by molar-refractivity contribution is 7.99. The molecule has 7 nitrogen and oxygen atoms in total. The summed E-state index contributed by atoms with van der Waals surface area (Å²) in [4.78, 5) is 30.1. The Labute approximate surface area is 112 Å². The number of aryl methyl sites for hydroxylation is 1. The molecule has 0 saturated heterocycles. The molecule has 0 spiro atoms. The summed E-state index contributed by atoms with van der Waals surface area (Å²) in [6.07, 6.45) is 0.971. The molecule has 0 aliphatic heterocycles. The van der Waals surface area contributed by atoms with Crippen molar-refractivity contribution in [2.24, 2.45) is 7.05 Å². The second-order valence-electron chi connectivity index (χ2n) is 3.91. The minimum Gasteiger partial charge on any atom is -0.389 e. The van der Waals surface area contributed by atoms with Gasteiger partial charge in [0, 0.05) is 13.2 Å². The fourth-order valence-electron chi connectivity index (χ4n) is 1.34. The van der Waals surface area contributed by atoms with Gasteiger partial charge in [-0.3, -0.25) is 19.4 Å². The Morgan fingerprint density at radius 2 is 2.16 bits per heavy atom. The van der Waals surface area contributed by atoms with Crippen molar-refractivity contribution in [2.45, 2.75) is 23.2 Å². The average Bonchev–Trinajstić information content (AvgIpc) is 2.36. The maximum atomic E-state index is 11.2. The van der Waals surface area contributed by atoms with Gasteiger partial charge in [0.1, 0.15) is 5.03 Å². The zero-order valence-electron chi connectivity index (χ0n) is 10.3. The second-order valence-corrected chi connectivity index (χ2v) is 4.89. The van der Waals surface area contributed by atoms with Crippen molar-refractivity contribution in [1.29, 1.82) is 0 Å². The maximum absolute atomic E-state index is 11.2. The summed E-state index contributed by atoms with van der Waals surface area (Å²) in [6, 6.07) is 3.45. The van der Waals surface area contributed by atoms with Crippen molar-refractivity contribution >= 4 is 11.8 Å². The third-order valence-electron chi connectivity index (χ3n) is 2.39. The van der Waals surface area contributed by atoms with Crippen molar-refractivity contribution in [3.8, 4) is 0 Å². The van der Waals surface area contributed by atoms with E-state index in [1.54, 1.807) is 32.3 Å². The topological polar surface area (TPSA) is 101 Å². The number of hydrogen-bond donors (Lipinski definition) is 2. The molecule has 0 bridgehead atoms. The highest BCUT2D eigenvalue weighted by Crippen LogP contribution is 2.23. The van der Waals surface area contributed by atoms with Crippen molar-refractivity contribution in [3.05, 3.63) is 44.6 Å². The molecule has 8 heteroatoms. The van der Waals surface area contributed by atoms with Crippen LogP contribution in [0.4, 0.5) is 0 Å². The summed E-state index contributed by atoms with van der Waals surface area (Å²) in [6.45, 7) is 1.65. The lowest BCUT2D eigenvalue weighted by atomic mass is 10.2. The fraction of sp³-hybridized carbons (Fsp3) is 0.273. The summed E-state index contributed by atoms with van der Waals surface area (Å²) in [5.41, 5.74) is -0.891. The number of aromatic amines is 1. The lowest BCUT2D eigenvalue weighted by Crippen LogP contribution is -2.33. The molecule has 0 aromatic carbocycles. The highest BCUT2D eigenvalue weighted by Gasteiger charge is 2.08. The number of nitrogens with one attached hydrogen (secondary N) is 1. The third-order valence-corrected chi connectivity index (χ3v) is 3.38. The van der Waals surface area contributed by atoms with E-state index in [1.165, 1.54) is 4.68 Å². The quantitative estimate of drug-likeness (QED) is 0.771. The molecule has 100 valence electrons. The average molecular weight is 280 g/mol. The van der Waals surface area contributed by atoms with Crippen LogP contribution < -0.4 is 11.1 Å². The lowest BCUT2D eigenvalue weighted by molar-refractivity contribution is 0.198.